The van der Waals surface area contributed by atoms with Gasteiger partial charge in [0, 0.05) is 0 Å². The molecule has 1 aliphatic heterocycles. The van der Waals surface area contributed by atoms with Crippen molar-refractivity contribution in [2.45, 2.75) is 58.8 Å². The maximum absolute atomic E-state index is 11.4. The van der Waals surface area contributed by atoms with Crippen LogP contribution in [0.1, 0.15) is 40.5 Å². The molecule has 0 aliphatic carbocycles. The number of carbonyl (C=O) groups is 1. The lowest BCUT2D eigenvalue weighted by Gasteiger charge is -2.14. The number of carbonyl (C=O) groups excluding carboxylic acids is 1. The highest BCUT2D eigenvalue weighted by Gasteiger charge is 2.43. The van der Waals surface area contributed by atoms with Gasteiger partial charge in [-0.3, -0.25) is 4.79 Å². The molecule has 4 atom stereocenters. The molecule has 1 rings (SSSR count). The van der Waals surface area contributed by atoms with E-state index < -0.39 is 0 Å². The summed E-state index contributed by atoms with van der Waals surface area (Å²) in [6.45, 7) is 7.85. The van der Waals surface area contributed by atoms with Crippen molar-refractivity contribution in [1.29, 1.82) is 0 Å². The first kappa shape index (κ1) is 11.5. The van der Waals surface area contributed by atoms with E-state index in [1.165, 1.54) is 0 Å². The van der Waals surface area contributed by atoms with Gasteiger partial charge in [-0.05, 0) is 19.8 Å². The highest BCUT2D eigenvalue weighted by molar-refractivity contribution is 5.72. The Morgan fingerprint density at radius 2 is 2.07 bits per heavy atom. The summed E-state index contributed by atoms with van der Waals surface area (Å²) in [6.07, 6.45) is 2.16. The van der Waals surface area contributed by atoms with Crippen LogP contribution >= 0.6 is 0 Å². The van der Waals surface area contributed by atoms with Crippen molar-refractivity contribution in [2.24, 2.45) is 5.92 Å². The molecule has 4 unspecified atom stereocenters. The molecule has 3 heteroatoms. The molecule has 1 saturated heterocycles. The van der Waals surface area contributed by atoms with Crippen LogP contribution in [-0.4, -0.2) is 24.3 Å². The standard InChI is InChI=1S/C11H20O3/c1-5-7(3)11(12)13-8(4)10-9(6-2)14-10/h7-10H,5-6H2,1-4H3. The van der Waals surface area contributed by atoms with Gasteiger partial charge in [0.15, 0.2) is 0 Å². The van der Waals surface area contributed by atoms with Gasteiger partial charge in [-0.25, -0.2) is 0 Å². The molecule has 1 heterocycles. The number of rotatable bonds is 5. The number of hydrogen-bond donors (Lipinski definition) is 0. The van der Waals surface area contributed by atoms with Crippen molar-refractivity contribution in [1.82, 2.24) is 0 Å². The molecule has 1 aliphatic rings. The van der Waals surface area contributed by atoms with E-state index in [9.17, 15) is 4.79 Å². The van der Waals surface area contributed by atoms with Crippen molar-refractivity contribution >= 4 is 5.97 Å². The van der Waals surface area contributed by atoms with E-state index in [0.29, 0.717) is 6.10 Å². The second kappa shape index (κ2) is 4.78. The minimum atomic E-state index is -0.106. The lowest BCUT2D eigenvalue weighted by molar-refractivity contribution is -0.153. The Morgan fingerprint density at radius 1 is 1.43 bits per heavy atom. The molecule has 0 spiro atoms. The van der Waals surface area contributed by atoms with Gasteiger partial charge in [-0.15, -0.1) is 0 Å². The van der Waals surface area contributed by atoms with E-state index in [2.05, 4.69) is 6.92 Å². The van der Waals surface area contributed by atoms with E-state index in [0.717, 1.165) is 12.8 Å². The Kier molecular flexibility index (Phi) is 3.93. The van der Waals surface area contributed by atoms with Crippen LogP contribution in [0.5, 0.6) is 0 Å². The van der Waals surface area contributed by atoms with E-state index in [-0.39, 0.29) is 24.1 Å². The maximum atomic E-state index is 11.4. The summed E-state index contributed by atoms with van der Waals surface area (Å²) in [5.41, 5.74) is 0. The molecule has 82 valence electrons. The molecule has 3 nitrogen and oxygen atoms in total. The van der Waals surface area contributed by atoms with Gasteiger partial charge in [0.2, 0.25) is 0 Å². The first-order valence-electron chi connectivity index (χ1n) is 5.46. The molecule has 0 bridgehead atoms. The van der Waals surface area contributed by atoms with Crippen LogP contribution in [0, 0.1) is 5.92 Å². The largest absolute Gasteiger partial charge is 0.460 e. The molecule has 0 amide bonds. The molecule has 0 aromatic rings. The highest BCUT2D eigenvalue weighted by atomic mass is 16.6. The number of ether oxygens (including phenoxy) is 2. The molecule has 14 heavy (non-hydrogen) atoms. The molecule has 0 aromatic carbocycles. The Labute approximate surface area is 85.8 Å². The van der Waals surface area contributed by atoms with Gasteiger partial charge in [-0.2, -0.15) is 0 Å². The summed E-state index contributed by atoms with van der Waals surface area (Å²) < 4.78 is 10.7. The van der Waals surface area contributed by atoms with Crippen molar-refractivity contribution in [3.05, 3.63) is 0 Å². The Morgan fingerprint density at radius 3 is 2.50 bits per heavy atom. The van der Waals surface area contributed by atoms with Gasteiger partial charge in [0.1, 0.15) is 12.2 Å². The van der Waals surface area contributed by atoms with Crippen LogP contribution in [0.4, 0.5) is 0 Å². The normalized spacial score (nSPS) is 29.4. The van der Waals surface area contributed by atoms with E-state index in [1.54, 1.807) is 0 Å². The Balaban J connectivity index is 2.27. The predicted molar refractivity (Wildman–Crippen MR) is 54.0 cm³/mol. The lowest BCUT2D eigenvalue weighted by Crippen LogP contribution is -2.25. The number of epoxide rings is 1. The number of hydrogen-bond acceptors (Lipinski definition) is 3. The fraction of sp³-hybridized carbons (Fsp3) is 0.909. The monoisotopic (exact) mass is 200 g/mol. The smallest absolute Gasteiger partial charge is 0.308 e. The van der Waals surface area contributed by atoms with Crippen LogP contribution in [0.3, 0.4) is 0 Å². The molecule has 0 saturated carbocycles. The SMILES string of the molecule is CCC(C)C(=O)OC(C)C1OC1CC. The van der Waals surface area contributed by atoms with Gasteiger partial charge in [0.05, 0.1) is 12.0 Å². The Bertz CT molecular complexity index is 203. The van der Waals surface area contributed by atoms with Crippen LogP contribution in [0.2, 0.25) is 0 Å². The maximum Gasteiger partial charge on any atom is 0.308 e. The lowest BCUT2D eigenvalue weighted by atomic mass is 10.1. The highest BCUT2D eigenvalue weighted by Crippen LogP contribution is 2.29. The average molecular weight is 200 g/mol. The third-order valence-corrected chi connectivity index (χ3v) is 2.80. The van der Waals surface area contributed by atoms with Gasteiger partial charge < -0.3 is 9.47 Å². The molecule has 0 radical (unpaired) electrons. The van der Waals surface area contributed by atoms with Crippen LogP contribution in [0.25, 0.3) is 0 Å². The first-order chi connectivity index (χ1) is 6.60. The molecule has 0 N–H and O–H groups in total. The summed E-state index contributed by atoms with van der Waals surface area (Å²) in [6, 6.07) is 0. The summed E-state index contributed by atoms with van der Waals surface area (Å²) in [5, 5.41) is 0. The minimum absolute atomic E-state index is 0.00345. The topological polar surface area (TPSA) is 38.8 Å². The zero-order valence-corrected chi connectivity index (χ0v) is 9.45. The van der Waals surface area contributed by atoms with Gasteiger partial charge >= 0.3 is 5.97 Å². The zero-order valence-electron chi connectivity index (χ0n) is 9.45. The zero-order chi connectivity index (χ0) is 10.7. The quantitative estimate of drug-likeness (QED) is 0.504. The van der Waals surface area contributed by atoms with Crippen LogP contribution in [-0.2, 0) is 14.3 Å². The third-order valence-electron chi connectivity index (χ3n) is 2.80. The van der Waals surface area contributed by atoms with Crippen LogP contribution in [0.15, 0.2) is 0 Å². The minimum Gasteiger partial charge on any atom is -0.460 e. The van der Waals surface area contributed by atoms with E-state index >= 15 is 0 Å². The van der Waals surface area contributed by atoms with Crippen molar-refractivity contribution in [3.63, 3.8) is 0 Å². The second-order valence-electron chi connectivity index (χ2n) is 4.00. The molecule has 1 fully saturated rings. The first-order valence-corrected chi connectivity index (χ1v) is 5.46. The fourth-order valence-corrected chi connectivity index (χ4v) is 1.43. The van der Waals surface area contributed by atoms with Crippen LogP contribution < -0.4 is 0 Å². The fourth-order valence-electron chi connectivity index (χ4n) is 1.43. The third kappa shape index (κ3) is 2.71. The van der Waals surface area contributed by atoms with Crippen molar-refractivity contribution in [3.8, 4) is 0 Å². The summed E-state index contributed by atoms with van der Waals surface area (Å²) >= 11 is 0. The predicted octanol–water partition coefficient (Wildman–Crippen LogP) is 2.14. The molecule has 0 aromatic heterocycles. The van der Waals surface area contributed by atoms with Crippen molar-refractivity contribution < 1.29 is 14.3 Å². The second-order valence-corrected chi connectivity index (χ2v) is 4.00. The van der Waals surface area contributed by atoms with Crippen molar-refractivity contribution in [2.75, 3.05) is 0 Å². The molecular formula is C11H20O3. The van der Waals surface area contributed by atoms with E-state index in [1.807, 2.05) is 20.8 Å². The summed E-state index contributed by atoms with van der Waals surface area (Å²) in [4.78, 5) is 11.4. The Hall–Kier alpha value is -0.570. The molecular weight excluding hydrogens is 180 g/mol. The van der Waals surface area contributed by atoms with E-state index in [4.69, 9.17) is 9.47 Å². The van der Waals surface area contributed by atoms with Gasteiger partial charge in [0.25, 0.3) is 0 Å². The van der Waals surface area contributed by atoms with Gasteiger partial charge in [-0.1, -0.05) is 20.8 Å². The number of esters is 1. The summed E-state index contributed by atoms with van der Waals surface area (Å²) in [7, 11) is 0. The summed E-state index contributed by atoms with van der Waals surface area (Å²) in [5.74, 6) is -0.110. The average Bonchev–Trinajstić information content (AvgIpc) is 2.95.